The molecule has 1 heterocycles. The monoisotopic (exact) mass is 311 g/mol. The normalized spacial score (nSPS) is 12.8. The fourth-order valence-corrected chi connectivity index (χ4v) is 1.73. The molecule has 0 unspecified atom stereocenters. The van der Waals surface area contributed by atoms with E-state index >= 15 is 0 Å². The van der Waals surface area contributed by atoms with Crippen molar-refractivity contribution in [3.8, 4) is 0 Å². The third-order valence-electron chi connectivity index (χ3n) is 2.53. The minimum absolute atomic E-state index is 0.101. The molecule has 1 aromatic carbocycles. The third kappa shape index (κ3) is 2.35. The number of hydrogen-bond acceptors (Lipinski definition) is 3. The lowest BCUT2D eigenvalue weighted by atomic mass is 10.2. The van der Waals surface area contributed by atoms with Gasteiger partial charge in [0.1, 0.15) is 5.82 Å². The molecule has 0 saturated heterocycles. The summed E-state index contributed by atoms with van der Waals surface area (Å²) in [5.41, 5.74) is -0.101. The van der Waals surface area contributed by atoms with Crippen LogP contribution in [-0.2, 0) is 5.92 Å². The fraction of sp³-hybridized carbons (Fsp3) is 0.273. The minimum atomic E-state index is -5.77. The van der Waals surface area contributed by atoms with Crippen molar-refractivity contribution in [2.75, 3.05) is 12.4 Å². The lowest BCUT2D eigenvalue weighted by Gasteiger charge is -2.19. The van der Waals surface area contributed by atoms with Crippen LogP contribution in [0, 0.1) is 0 Å². The van der Waals surface area contributed by atoms with Crippen molar-refractivity contribution in [2.45, 2.75) is 12.1 Å². The van der Waals surface area contributed by atoms with Crippen LogP contribution < -0.4 is 5.32 Å². The zero-order valence-electron chi connectivity index (χ0n) is 9.89. The summed E-state index contributed by atoms with van der Waals surface area (Å²) >= 11 is 5.68. The molecule has 9 heteroatoms. The summed E-state index contributed by atoms with van der Waals surface area (Å²) in [5.74, 6) is -6.90. The van der Waals surface area contributed by atoms with E-state index in [1.165, 1.54) is 25.2 Å². The van der Waals surface area contributed by atoms with Gasteiger partial charge in [-0.3, -0.25) is 0 Å². The maximum absolute atomic E-state index is 13.3. The summed E-state index contributed by atoms with van der Waals surface area (Å²) in [5, 5.41) is 2.92. The molecular formula is C11H7ClF5N3. The SMILES string of the molecule is CNc1nc(C(F)(F)C(F)(F)F)nc2cc(Cl)ccc12. The fourth-order valence-electron chi connectivity index (χ4n) is 1.56. The number of halogens is 6. The lowest BCUT2D eigenvalue weighted by Crippen LogP contribution is -2.35. The van der Waals surface area contributed by atoms with Crippen LogP contribution in [0.1, 0.15) is 5.82 Å². The molecule has 20 heavy (non-hydrogen) atoms. The van der Waals surface area contributed by atoms with Gasteiger partial charge in [-0.1, -0.05) is 11.6 Å². The Balaban J connectivity index is 2.73. The van der Waals surface area contributed by atoms with Crippen molar-refractivity contribution in [2.24, 2.45) is 0 Å². The van der Waals surface area contributed by atoms with E-state index in [1.54, 1.807) is 0 Å². The maximum Gasteiger partial charge on any atom is 0.461 e. The van der Waals surface area contributed by atoms with E-state index in [2.05, 4.69) is 15.3 Å². The Morgan fingerprint density at radius 2 is 1.75 bits per heavy atom. The second-order valence-electron chi connectivity index (χ2n) is 3.88. The van der Waals surface area contributed by atoms with Gasteiger partial charge in [-0.25, -0.2) is 9.97 Å². The Kier molecular flexibility index (Phi) is 3.45. The molecule has 0 atom stereocenters. The minimum Gasteiger partial charge on any atom is -0.373 e. The van der Waals surface area contributed by atoms with E-state index in [9.17, 15) is 22.0 Å². The predicted octanol–water partition coefficient (Wildman–Crippen LogP) is 3.98. The molecule has 0 bridgehead atoms. The smallest absolute Gasteiger partial charge is 0.373 e. The van der Waals surface area contributed by atoms with E-state index in [0.717, 1.165) is 0 Å². The number of rotatable bonds is 2. The molecular weight excluding hydrogens is 305 g/mol. The molecule has 0 aliphatic carbocycles. The molecule has 108 valence electrons. The maximum atomic E-state index is 13.3. The quantitative estimate of drug-likeness (QED) is 0.853. The standard InChI is InChI=1S/C11H7ClF5N3/c1-18-8-6-3-2-5(12)4-7(6)19-9(20-8)10(13,14)11(15,16)17/h2-4H,1H3,(H,18,19,20). The van der Waals surface area contributed by atoms with Crippen molar-refractivity contribution in [3.63, 3.8) is 0 Å². The van der Waals surface area contributed by atoms with Crippen LogP contribution in [0.2, 0.25) is 5.02 Å². The van der Waals surface area contributed by atoms with Gasteiger partial charge in [-0.2, -0.15) is 22.0 Å². The van der Waals surface area contributed by atoms with Gasteiger partial charge in [-0.05, 0) is 18.2 Å². The van der Waals surface area contributed by atoms with E-state index in [-0.39, 0.29) is 16.4 Å². The van der Waals surface area contributed by atoms with Gasteiger partial charge in [0, 0.05) is 17.5 Å². The highest BCUT2D eigenvalue weighted by Crippen LogP contribution is 2.43. The largest absolute Gasteiger partial charge is 0.461 e. The number of anilines is 1. The average molecular weight is 312 g/mol. The van der Waals surface area contributed by atoms with E-state index < -0.39 is 17.9 Å². The summed E-state index contributed by atoms with van der Waals surface area (Å²) in [6.45, 7) is 0. The first kappa shape index (κ1) is 14.7. The first-order valence-corrected chi connectivity index (χ1v) is 5.64. The summed E-state index contributed by atoms with van der Waals surface area (Å²) < 4.78 is 63.7. The zero-order valence-corrected chi connectivity index (χ0v) is 10.7. The first-order valence-electron chi connectivity index (χ1n) is 5.27. The number of benzene rings is 1. The van der Waals surface area contributed by atoms with Crippen LogP contribution in [0.3, 0.4) is 0 Å². The molecule has 2 rings (SSSR count). The van der Waals surface area contributed by atoms with Crippen molar-refractivity contribution >= 4 is 28.3 Å². The van der Waals surface area contributed by atoms with Gasteiger partial charge in [0.05, 0.1) is 5.52 Å². The second kappa shape index (κ2) is 4.69. The topological polar surface area (TPSA) is 37.8 Å². The summed E-state index contributed by atoms with van der Waals surface area (Å²) in [7, 11) is 1.35. The molecule has 0 amide bonds. The Hall–Kier alpha value is -1.70. The summed E-state index contributed by atoms with van der Waals surface area (Å²) in [6.07, 6.45) is -5.77. The van der Waals surface area contributed by atoms with Gasteiger partial charge in [0.15, 0.2) is 0 Å². The van der Waals surface area contributed by atoms with Crippen LogP contribution in [0.15, 0.2) is 18.2 Å². The molecule has 0 aliphatic heterocycles. The molecule has 0 spiro atoms. The second-order valence-corrected chi connectivity index (χ2v) is 4.32. The number of hydrogen-bond donors (Lipinski definition) is 1. The molecule has 0 aliphatic rings. The van der Waals surface area contributed by atoms with Crippen molar-refractivity contribution in [3.05, 3.63) is 29.0 Å². The number of aromatic nitrogens is 2. The Labute approximate surface area is 114 Å². The average Bonchev–Trinajstić information content (AvgIpc) is 2.35. The molecule has 3 nitrogen and oxygen atoms in total. The number of alkyl halides is 5. The van der Waals surface area contributed by atoms with E-state index in [1.807, 2.05) is 0 Å². The molecule has 2 aromatic rings. The molecule has 0 radical (unpaired) electrons. The number of fused-ring (bicyclic) bond motifs is 1. The third-order valence-corrected chi connectivity index (χ3v) is 2.77. The number of nitrogens with zero attached hydrogens (tertiary/aromatic N) is 2. The highest BCUT2D eigenvalue weighted by molar-refractivity contribution is 6.31. The summed E-state index contributed by atoms with van der Waals surface area (Å²) in [6, 6.07) is 4.07. The zero-order chi connectivity index (χ0) is 15.1. The van der Waals surface area contributed by atoms with Crippen LogP contribution in [-0.4, -0.2) is 23.2 Å². The van der Waals surface area contributed by atoms with Gasteiger partial charge in [-0.15, -0.1) is 0 Å². The van der Waals surface area contributed by atoms with Crippen LogP contribution in [0.25, 0.3) is 10.9 Å². The highest BCUT2D eigenvalue weighted by Gasteiger charge is 2.61. The first-order chi connectivity index (χ1) is 9.16. The highest BCUT2D eigenvalue weighted by atomic mass is 35.5. The van der Waals surface area contributed by atoms with Crippen molar-refractivity contribution < 1.29 is 22.0 Å². The van der Waals surface area contributed by atoms with Crippen LogP contribution in [0.5, 0.6) is 0 Å². The van der Waals surface area contributed by atoms with E-state index in [0.29, 0.717) is 5.39 Å². The van der Waals surface area contributed by atoms with Gasteiger partial charge >= 0.3 is 12.1 Å². The number of nitrogens with one attached hydrogen (secondary N) is 1. The van der Waals surface area contributed by atoms with E-state index in [4.69, 9.17) is 11.6 Å². The Morgan fingerprint density at radius 1 is 1.10 bits per heavy atom. The van der Waals surface area contributed by atoms with Crippen LogP contribution >= 0.6 is 11.6 Å². The molecule has 1 N–H and O–H groups in total. The summed E-state index contributed by atoms with van der Waals surface area (Å²) in [4.78, 5) is 6.53. The Bertz CT molecular complexity index is 656. The van der Waals surface area contributed by atoms with Crippen molar-refractivity contribution in [1.82, 2.24) is 9.97 Å². The van der Waals surface area contributed by atoms with Crippen LogP contribution in [0.4, 0.5) is 27.8 Å². The van der Waals surface area contributed by atoms with Crippen molar-refractivity contribution in [1.29, 1.82) is 0 Å². The Morgan fingerprint density at radius 3 is 2.30 bits per heavy atom. The van der Waals surface area contributed by atoms with Gasteiger partial charge in [0.2, 0.25) is 5.82 Å². The lowest BCUT2D eigenvalue weighted by molar-refractivity contribution is -0.292. The molecule has 1 aromatic heterocycles. The predicted molar refractivity (Wildman–Crippen MR) is 64.0 cm³/mol. The molecule has 0 saturated carbocycles. The molecule has 0 fully saturated rings. The van der Waals surface area contributed by atoms with Gasteiger partial charge in [0.25, 0.3) is 0 Å². The van der Waals surface area contributed by atoms with Gasteiger partial charge < -0.3 is 5.32 Å².